The quantitative estimate of drug-likeness (QED) is 0.611. The molecule has 0 aromatic heterocycles. The molecule has 0 N–H and O–H groups in total. The molecule has 0 amide bonds. The Morgan fingerprint density at radius 1 is 1.32 bits per heavy atom. The fraction of sp³-hybridized carbons (Fsp3) is 0.467. The van der Waals surface area contributed by atoms with Gasteiger partial charge in [-0.25, -0.2) is 0 Å². The van der Waals surface area contributed by atoms with Gasteiger partial charge in [-0.05, 0) is 5.56 Å². The van der Waals surface area contributed by atoms with Gasteiger partial charge in [0.2, 0.25) is 0 Å². The number of esters is 1. The molecule has 1 aromatic rings. The Morgan fingerprint density at radius 3 is 2.84 bits per heavy atom. The Hall–Kier alpha value is -1.68. The van der Waals surface area contributed by atoms with Crippen LogP contribution in [0.2, 0.25) is 0 Å². The first kappa shape index (κ1) is 12.4. The molecule has 19 heavy (non-hydrogen) atoms. The second-order valence-corrected chi connectivity index (χ2v) is 5.18. The zero-order valence-electron chi connectivity index (χ0n) is 10.5. The number of aldehydes is 1. The standard InChI is InChI=1S/C15H16O4/c16-8-12-11-6-15(17)19-14(11)7-13(12)18-9-10-4-2-1-3-5-10/h1-5,8,11-14H,6-7,9H2/t11-,12?,13-,14+/m1/s1. The maximum absolute atomic E-state index is 11.2. The third kappa shape index (κ3) is 2.40. The van der Waals surface area contributed by atoms with E-state index >= 15 is 0 Å². The first-order chi connectivity index (χ1) is 9.28. The molecule has 4 atom stereocenters. The highest BCUT2D eigenvalue weighted by Crippen LogP contribution is 2.41. The Morgan fingerprint density at radius 2 is 2.11 bits per heavy atom. The van der Waals surface area contributed by atoms with E-state index in [0.29, 0.717) is 19.4 Å². The van der Waals surface area contributed by atoms with E-state index in [-0.39, 0.29) is 30.0 Å². The molecule has 2 aliphatic rings. The van der Waals surface area contributed by atoms with Crippen molar-refractivity contribution >= 4 is 12.3 Å². The van der Waals surface area contributed by atoms with Crippen molar-refractivity contribution in [1.29, 1.82) is 0 Å². The summed E-state index contributed by atoms with van der Waals surface area (Å²) >= 11 is 0. The number of benzene rings is 1. The second-order valence-electron chi connectivity index (χ2n) is 5.18. The third-order valence-corrected chi connectivity index (χ3v) is 4.02. The van der Waals surface area contributed by atoms with E-state index in [1.54, 1.807) is 0 Å². The Bertz CT molecular complexity index is 470. The molecule has 1 saturated carbocycles. The van der Waals surface area contributed by atoms with E-state index in [9.17, 15) is 9.59 Å². The summed E-state index contributed by atoms with van der Waals surface area (Å²) in [5.41, 5.74) is 1.08. The Kier molecular flexibility index (Phi) is 3.34. The van der Waals surface area contributed by atoms with Crippen LogP contribution in [0.3, 0.4) is 0 Å². The lowest BCUT2D eigenvalue weighted by atomic mass is 9.93. The number of carbonyl (C=O) groups excluding carboxylic acids is 2. The average Bonchev–Trinajstić information content (AvgIpc) is 2.92. The highest BCUT2D eigenvalue weighted by molar-refractivity contribution is 5.74. The number of rotatable bonds is 4. The lowest BCUT2D eigenvalue weighted by molar-refractivity contribution is -0.142. The largest absolute Gasteiger partial charge is 0.462 e. The summed E-state index contributed by atoms with van der Waals surface area (Å²) in [6.07, 6.45) is 1.62. The van der Waals surface area contributed by atoms with Crippen LogP contribution in [0.1, 0.15) is 18.4 Å². The summed E-state index contributed by atoms with van der Waals surface area (Å²) in [7, 11) is 0. The second kappa shape index (κ2) is 5.13. The fourth-order valence-electron chi connectivity index (χ4n) is 3.04. The Labute approximate surface area is 111 Å². The number of carbonyl (C=O) groups is 2. The predicted octanol–water partition coefficient (Wildman–Crippen LogP) is 1.72. The smallest absolute Gasteiger partial charge is 0.306 e. The van der Waals surface area contributed by atoms with Crippen molar-refractivity contribution in [3.63, 3.8) is 0 Å². The summed E-state index contributed by atoms with van der Waals surface area (Å²) < 4.78 is 11.1. The maximum atomic E-state index is 11.2. The molecule has 1 aliphatic heterocycles. The molecule has 1 unspecified atom stereocenters. The van der Waals surface area contributed by atoms with E-state index in [4.69, 9.17) is 9.47 Å². The van der Waals surface area contributed by atoms with E-state index in [1.807, 2.05) is 30.3 Å². The number of fused-ring (bicyclic) bond motifs is 1. The molecule has 4 nitrogen and oxygen atoms in total. The van der Waals surface area contributed by atoms with Gasteiger partial charge in [0.1, 0.15) is 12.4 Å². The van der Waals surface area contributed by atoms with Gasteiger partial charge in [0.15, 0.2) is 0 Å². The van der Waals surface area contributed by atoms with Gasteiger partial charge in [-0.2, -0.15) is 0 Å². The summed E-state index contributed by atoms with van der Waals surface area (Å²) in [5, 5.41) is 0. The molecule has 1 heterocycles. The highest BCUT2D eigenvalue weighted by Gasteiger charge is 2.50. The van der Waals surface area contributed by atoms with Crippen LogP contribution >= 0.6 is 0 Å². The molecule has 2 fully saturated rings. The van der Waals surface area contributed by atoms with Crippen LogP contribution in [0.5, 0.6) is 0 Å². The van der Waals surface area contributed by atoms with Crippen molar-refractivity contribution in [3.05, 3.63) is 35.9 Å². The van der Waals surface area contributed by atoms with Gasteiger partial charge in [-0.15, -0.1) is 0 Å². The SMILES string of the molecule is O=CC1[C@H]2CC(=O)O[C@H]2C[C@H]1OCc1ccccc1. The van der Waals surface area contributed by atoms with E-state index < -0.39 is 0 Å². The molecule has 100 valence electrons. The van der Waals surface area contributed by atoms with Crippen molar-refractivity contribution in [2.75, 3.05) is 0 Å². The minimum atomic E-state index is -0.222. The minimum Gasteiger partial charge on any atom is -0.462 e. The zero-order valence-corrected chi connectivity index (χ0v) is 10.5. The van der Waals surface area contributed by atoms with Crippen molar-refractivity contribution in [2.24, 2.45) is 11.8 Å². The van der Waals surface area contributed by atoms with Crippen LogP contribution in [0, 0.1) is 11.8 Å². The zero-order chi connectivity index (χ0) is 13.2. The van der Waals surface area contributed by atoms with Crippen molar-refractivity contribution in [3.8, 4) is 0 Å². The predicted molar refractivity (Wildman–Crippen MR) is 67.2 cm³/mol. The van der Waals surface area contributed by atoms with Gasteiger partial charge in [0.05, 0.1) is 19.1 Å². The lowest BCUT2D eigenvalue weighted by Crippen LogP contribution is -2.24. The molecule has 1 aromatic carbocycles. The first-order valence-corrected chi connectivity index (χ1v) is 6.58. The monoisotopic (exact) mass is 260 g/mol. The highest BCUT2D eigenvalue weighted by atomic mass is 16.6. The first-order valence-electron chi connectivity index (χ1n) is 6.58. The minimum absolute atomic E-state index is 0.00535. The molecule has 1 aliphatic carbocycles. The van der Waals surface area contributed by atoms with Crippen LogP contribution in [-0.4, -0.2) is 24.5 Å². The third-order valence-electron chi connectivity index (χ3n) is 4.02. The van der Waals surface area contributed by atoms with Crippen LogP contribution in [0.4, 0.5) is 0 Å². The van der Waals surface area contributed by atoms with E-state index in [2.05, 4.69) is 0 Å². The molecular formula is C15H16O4. The number of hydrogen-bond acceptors (Lipinski definition) is 4. The normalized spacial score (nSPS) is 32.9. The van der Waals surface area contributed by atoms with Gasteiger partial charge in [-0.1, -0.05) is 30.3 Å². The van der Waals surface area contributed by atoms with Crippen molar-refractivity contribution in [1.82, 2.24) is 0 Å². The van der Waals surface area contributed by atoms with Gasteiger partial charge >= 0.3 is 5.97 Å². The molecule has 4 heteroatoms. The van der Waals surface area contributed by atoms with Gasteiger partial charge in [0.25, 0.3) is 0 Å². The van der Waals surface area contributed by atoms with Crippen LogP contribution in [0.25, 0.3) is 0 Å². The van der Waals surface area contributed by atoms with Crippen molar-refractivity contribution < 1.29 is 19.1 Å². The maximum Gasteiger partial charge on any atom is 0.306 e. The molecule has 1 saturated heterocycles. The molecule has 0 radical (unpaired) electrons. The van der Waals surface area contributed by atoms with Gasteiger partial charge < -0.3 is 14.3 Å². The summed E-state index contributed by atoms with van der Waals surface area (Å²) in [5.74, 6) is -0.408. The van der Waals surface area contributed by atoms with Crippen LogP contribution in [0.15, 0.2) is 30.3 Å². The lowest BCUT2D eigenvalue weighted by Gasteiger charge is -2.17. The molecular weight excluding hydrogens is 244 g/mol. The summed E-state index contributed by atoms with van der Waals surface area (Å²) in [6.45, 7) is 0.489. The van der Waals surface area contributed by atoms with E-state index in [0.717, 1.165) is 11.8 Å². The topological polar surface area (TPSA) is 52.6 Å². The van der Waals surface area contributed by atoms with Crippen LogP contribution in [-0.2, 0) is 25.7 Å². The molecule has 0 bridgehead atoms. The molecule has 0 spiro atoms. The molecule has 3 rings (SSSR count). The summed E-state index contributed by atoms with van der Waals surface area (Å²) in [4.78, 5) is 22.5. The summed E-state index contributed by atoms with van der Waals surface area (Å²) in [6, 6.07) is 9.86. The Balaban J connectivity index is 1.63. The van der Waals surface area contributed by atoms with Gasteiger partial charge in [-0.3, -0.25) is 4.79 Å². The van der Waals surface area contributed by atoms with E-state index in [1.165, 1.54) is 0 Å². The number of hydrogen-bond donors (Lipinski definition) is 0. The average molecular weight is 260 g/mol. The number of ether oxygens (including phenoxy) is 2. The van der Waals surface area contributed by atoms with Gasteiger partial charge in [0, 0.05) is 18.3 Å². The van der Waals surface area contributed by atoms with Crippen molar-refractivity contribution in [2.45, 2.75) is 31.7 Å². The fourth-order valence-corrected chi connectivity index (χ4v) is 3.04. The van der Waals surface area contributed by atoms with Crippen LogP contribution < -0.4 is 0 Å².